The van der Waals surface area contributed by atoms with Gasteiger partial charge in [0.2, 0.25) is 17.7 Å². The average molecular weight is 370 g/mol. The summed E-state index contributed by atoms with van der Waals surface area (Å²) in [5.41, 5.74) is 1.000. The number of rotatable bonds is 4. The summed E-state index contributed by atoms with van der Waals surface area (Å²) in [6.45, 7) is 0. The fourth-order valence-corrected chi connectivity index (χ4v) is 3.43. The molecule has 26 heavy (non-hydrogen) atoms. The molecule has 1 aliphatic rings. The molecule has 2 aromatic heterocycles. The van der Waals surface area contributed by atoms with Gasteiger partial charge in [-0.2, -0.15) is 0 Å². The predicted molar refractivity (Wildman–Crippen MR) is 90.7 cm³/mol. The normalized spacial score (nSPS) is 17.1. The van der Waals surface area contributed by atoms with Crippen LogP contribution in [0.15, 0.2) is 58.4 Å². The minimum absolute atomic E-state index is 0.00544. The highest BCUT2D eigenvalue weighted by Gasteiger charge is 2.41. The number of amides is 2. The minimum atomic E-state index is -0.672. The van der Waals surface area contributed by atoms with Crippen LogP contribution in [-0.2, 0) is 9.59 Å². The monoisotopic (exact) mass is 370 g/mol. The van der Waals surface area contributed by atoms with E-state index in [1.54, 1.807) is 24.5 Å². The maximum atomic E-state index is 13.0. The largest absolute Gasteiger partial charge is 0.411 e. The third kappa shape index (κ3) is 3.08. The first kappa shape index (κ1) is 16.4. The Balaban J connectivity index is 1.51. The van der Waals surface area contributed by atoms with Gasteiger partial charge in [0.15, 0.2) is 0 Å². The Hall–Kier alpha value is -3.07. The minimum Gasteiger partial charge on any atom is -0.411 e. The summed E-state index contributed by atoms with van der Waals surface area (Å²) in [6.07, 6.45) is 3.22. The van der Waals surface area contributed by atoms with Crippen molar-refractivity contribution in [3.8, 4) is 11.5 Å². The molecule has 2 amide bonds. The van der Waals surface area contributed by atoms with Gasteiger partial charge in [0.1, 0.15) is 11.1 Å². The van der Waals surface area contributed by atoms with Crippen LogP contribution in [0.1, 0.15) is 6.42 Å². The summed E-state index contributed by atoms with van der Waals surface area (Å²) in [7, 11) is 0. The molecule has 0 radical (unpaired) electrons. The van der Waals surface area contributed by atoms with Gasteiger partial charge in [-0.3, -0.25) is 14.6 Å². The van der Waals surface area contributed by atoms with Crippen LogP contribution in [0.3, 0.4) is 0 Å². The van der Waals surface area contributed by atoms with Crippen molar-refractivity contribution in [2.45, 2.75) is 16.9 Å². The Bertz CT molecular complexity index is 962. The summed E-state index contributed by atoms with van der Waals surface area (Å²) >= 11 is 1.03. The molecule has 1 unspecified atom stereocenters. The number of halogens is 1. The van der Waals surface area contributed by atoms with Crippen LogP contribution in [0.25, 0.3) is 11.5 Å². The van der Waals surface area contributed by atoms with Crippen molar-refractivity contribution >= 4 is 29.3 Å². The van der Waals surface area contributed by atoms with E-state index in [0.29, 0.717) is 11.3 Å². The summed E-state index contributed by atoms with van der Waals surface area (Å²) in [6, 6.07) is 8.71. The van der Waals surface area contributed by atoms with Crippen molar-refractivity contribution in [1.29, 1.82) is 0 Å². The fourth-order valence-electron chi connectivity index (χ4n) is 2.54. The average Bonchev–Trinajstić information content (AvgIpc) is 3.22. The molecule has 0 aliphatic carbocycles. The number of hydrogen-bond acceptors (Lipinski definition) is 7. The lowest BCUT2D eigenvalue weighted by atomic mass is 10.3. The van der Waals surface area contributed by atoms with Crippen molar-refractivity contribution < 1.29 is 18.4 Å². The van der Waals surface area contributed by atoms with Gasteiger partial charge in [-0.05, 0) is 36.4 Å². The molecule has 0 spiro atoms. The summed E-state index contributed by atoms with van der Waals surface area (Å²) in [5, 5.41) is 7.36. The number of carbonyl (C=O) groups excluding carboxylic acids is 2. The van der Waals surface area contributed by atoms with Crippen LogP contribution >= 0.6 is 11.8 Å². The molecule has 1 fully saturated rings. The van der Waals surface area contributed by atoms with Crippen LogP contribution in [0, 0.1) is 5.82 Å². The Labute approximate surface area is 151 Å². The lowest BCUT2D eigenvalue weighted by molar-refractivity contribution is -0.121. The van der Waals surface area contributed by atoms with Crippen molar-refractivity contribution in [2.24, 2.45) is 0 Å². The number of hydrogen-bond donors (Lipinski definition) is 0. The van der Waals surface area contributed by atoms with Crippen molar-refractivity contribution in [1.82, 2.24) is 15.2 Å². The topological polar surface area (TPSA) is 89.2 Å². The zero-order valence-corrected chi connectivity index (χ0v) is 14.0. The number of thioether (sulfide) groups is 1. The quantitative estimate of drug-likeness (QED) is 0.652. The maximum absolute atomic E-state index is 13.0. The number of anilines is 1. The van der Waals surface area contributed by atoms with E-state index in [0.717, 1.165) is 16.7 Å². The molecule has 7 nitrogen and oxygen atoms in total. The Morgan fingerprint density at radius 3 is 2.69 bits per heavy atom. The van der Waals surface area contributed by atoms with Crippen LogP contribution in [0.2, 0.25) is 0 Å². The first-order valence-corrected chi connectivity index (χ1v) is 8.53. The van der Waals surface area contributed by atoms with Crippen LogP contribution in [0.4, 0.5) is 10.1 Å². The van der Waals surface area contributed by atoms with Crippen LogP contribution in [-0.4, -0.2) is 32.2 Å². The van der Waals surface area contributed by atoms with E-state index in [1.807, 2.05) is 0 Å². The molecule has 130 valence electrons. The summed E-state index contributed by atoms with van der Waals surface area (Å²) in [4.78, 5) is 29.8. The Kier molecular flexibility index (Phi) is 4.21. The van der Waals surface area contributed by atoms with E-state index in [-0.39, 0.29) is 23.4 Å². The number of nitrogens with zero attached hydrogens (tertiary/aromatic N) is 4. The molecule has 1 atom stereocenters. The highest BCUT2D eigenvalue weighted by atomic mass is 32.2. The van der Waals surface area contributed by atoms with E-state index < -0.39 is 17.0 Å². The molecular weight excluding hydrogens is 359 g/mol. The van der Waals surface area contributed by atoms with Gasteiger partial charge in [0.05, 0.1) is 11.3 Å². The van der Waals surface area contributed by atoms with Gasteiger partial charge >= 0.3 is 0 Å². The van der Waals surface area contributed by atoms with Gasteiger partial charge in [-0.1, -0.05) is 11.8 Å². The molecule has 1 saturated heterocycles. The second-order valence-corrected chi connectivity index (χ2v) is 6.62. The molecular formula is C17H11FN4O3S. The first-order valence-electron chi connectivity index (χ1n) is 7.65. The lowest BCUT2D eigenvalue weighted by Crippen LogP contribution is -2.31. The molecule has 0 bridgehead atoms. The molecule has 1 aliphatic heterocycles. The Morgan fingerprint density at radius 2 is 1.96 bits per heavy atom. The van der Waals surface area contributed by atoms with Crippen LogP contribution in [0.5, 0.6) is 0 Å². The molecule has 0 saturated carbocycles. The second-order valence-electron chi connectivity index (χ2n) is 5.47. The van der Waals surface area contributed by atoms with Crippen molar-refractivity contribution in [2.75, 3.05) is 4.90 Å². The highest BCUT2D eigenvalue weighted by molar-refractivity contribution is 8.00. The molecule has 1 aromatic carbocycles. The van der Waals surface area contributed by atoms with Crippen molar-refractivity contribution in [3.63, 3.8) is 0 Å². The van der Waals surface area contributed by atoms with E-state index in [1.165, 1.54) is 24.3 Å². The third-order valence-corrected chi connectivity index (χ3v) is 4.77. The molecule has 3 aromatic rings. The SMILES string of the molecule is O=C1CC(Sc2nnc(-c3cccnc3)o2)C(=O)N1c1ccc(F)cc1. The van der Waals surface area contributed by atoms with E-state index in [9.17, 15) is 14.0 Å². The second kappa shape index (κ2) is 6.68. The standard InChI is InChI=1S/C17H11FN4O3S/c18-11-3-5-12(6-4-11)22-14(23)8-13(16(22)24)26-17-21-20-15(25-17)10-2-1-7-19-9-10/h1-7,9,13H,8H2. The van der Waals surface area contributed by atoms with E-state index in [4.69, 9.17) is 4.42 Å². The number of imide groups is 1. The molecule has 9 heteroatoms. The van der Waals surface area contributed by atoms with Gasteiger partial charge in [0.25, 0.3) is 5.22 Å². The fraction of sp³-hybridized carbons (Fsp3) is 0.118. The van der Waals surface area contributed by atoms with Crippen LogP contribution < -0.4 is 4.90 Å². The summed E-state index contributed by atoms with van der Waals surface area (Å²) < 4.78 is 18.6. The lowest BCUT2D eigenvalue weighted by Gasteiger charge is -2.14. The molecule has 0 N–H and O–H groups in total. The number of aromatic nitrogens is 3. The number of benzene rings is 1. The highest BCUT2D eigenvalue weighted by Crippen LogP contribution is 2.34. The smallest absolute Gasteiger partial charge is 0.277 e. The van der Waals surface area contributed by atoms with Gasteiger partial charge < -0.3 is 4.42 Å². The van der Waals surface area contributed by atoms with E-state index in [2.05, 4.69) is 15.2 Å². The zero-order chi connectivity index (χ0) is 18.1. The maximum Gasteiger partial charge on any atom is 0.277 e. The zero-order valence-electron chi connectivity index (χ0n) is 13.2. The number of pyridine rings is 1. The first-order chi connectivity index (χ1) is 12.6. The van der Waals surface area contributed by atoms with Gasteiger partial charge in [-0.15, -0.1) is 10.2 Å². The van der Waals surface area contributed by atoms with Gasteiger partial charge in [-0.25, -0.2) is 9.29 Å². The van der Waals surface area contributed by atoms with Crippen molar-refractivity contribution in [3.05, 3.63) is 54.6 Å². The van der Waals surface area contributed by atoms with E-state index >= 15 is 0 Å². The Morgan fingerprint density at radius 1 is 1.15 bits per heavy atom. The molecule has 4 rings (SSSR count). The predicted octanol–water partition coefficient (Wildman–Crippen LogP) is 2.69. The number of carbonyl (C=O) groups is 2. The summed E-state index contributed by atoms with van der Waals surface area (Å²) in [5.74, 6) is -0.904. The van der Waals surface area contributed by atoms with Gasteiger partial charge in [0, 0.05) is 18.8 Å². The molecule has 3 heterocycles. The third-order valence-electron chi connectivity index (χ3n) is 3.75.